The Morgan fingerprint density at radius 3 is 2.29 bits per heavy atom. The molecule has 6 heteroatoms. The lowest BCUT2D eigenvalue weighted by Gasteiger charge is -2.07. The maximum absolute atomic E-state index is 14.5. The second-order valence-electron chi connectivity index (χ2n) is 5.59. The topological polar surface area (TPSA) is 27.1 Å². The third-order valence-corrected chi connectivity index (χ3v) is 4.04. The van der Waals surface area contributed by atoms with E-state index in [2.05, 4.69) is 5.10 Å². The molecule has 1 heterocycles. The van der Waals surface area contributed by atoms with E-state index >= 15 is 0 Å². The van der Waals surface area contributed by atoms with E-state index in [1.807, 2.05) is 6.92 Å². The first kappa shape index (κ1) is 16.4. The number of methoxy groups -OCH3 is 1. The van der Waals surface area contributed by atoms with Gasteiger partial charge in [0.1, 0.15) is 11.4 Å². The number of nitrogens with zero attached hydrogens (tertiary/aromatic N) is 2. The van der Waals surface area contributed by atoms with Crippen molar-refractivity contribution in [2.24, 2.45) is 0 Å². The number of aromatic nitrogens is 2. The molecule has 24 heavy (non-hydrogen) atoms. The van der Waals surface area contributed by atoms with E-state index in [9.17, 15) is 13.2 Å². The van der Waals surface area contributed by atoms with Gasteiger partial charge >= 0.3 is 0 Å². The van der Waals surface area contributed by atoms with Crippen LogP contribution in [0.5, 0.6) is 5.75 Å². The van der Waals surface area contributed by atoms with Gasteiger partial charge in [-0.15, -0.1) is 0 Å². The highest BCUT2D eigenvalue weighted by molar-refractivity contribution is 5.95. The zero-order chi connectivity index (χ0) is 17.4. The van der Waals surface area contributed by atoms with Crippen LogP contribution in [0.2, 0.25) is 0 Å². The molecule has 0 aliphatic heterocycles. The van der Waals surface area contributed by atoms with Gasteiger partial charge in [-0.1, -0.05) is 6.92 Å². The highest BCUT2D eigenvalue weighted by Crippen LogP contribution is 2.35. The molecule has 0 radical (unpaired) electrons. The van der Waals surface area contributed by atoms with Gasteiger partial charge in [0.2, 0.25) is 0 Å². The van der Waals surface area contributed by atoms with E-state index < -0.39 is 17.5 Å². The van der Waals surface area contributed by atoms with Crippen molar-refractivity contribution < 1.29 is 17.9 Å². The summed E-state index contributed by atoms with van der Waals surface area (Å²) in [4.78, 5) is 0. The van der Waals surface area contributed by atoms with E-state index in [-0.39, 0.29) is 10.9 Å². The lowest BCUT2D eigenvalue weighted by atomic mass is 10.0. The van der Waals surface area contributed by atoms with Crippen LogP contribution in [-0.2, 0) is 6.54 Å². The summed E-state index contributed by atoms with van der Waals surface area (Å²) in [7, 11) is 1.54. The highest BCUT2D eigenvalue weighted by atomic mass is 19.2. The minimum atomic E-state index is -1.47. The zero-order valence-electron chi connectivity index (χ0n) is 13.7. The van der Waals surface area contributed by atoms with Crippen LogP contribution >= 0.6 is 0 Å². The SMILES string of the molecule is CCCn1nc(-c2ccc(OC)cc2)c2c(F)c(F)c(F)c(C)c21. The summed E-state index contributed by atoms with van der Waals surface area (Å²) < 4.78 is 49.0. The third kappa shape index (κ3) is 2.42. The van der Waals surface area contributed by atoms with Crippen molar-refractivity contribution in [3.63, 3.8) is 0 Å². The Kier molecular flexibility index (Phi) is 4.22. The number of rotatable bonds is 4. The molecule has 0 aliphatic rings. The van der Waals surface area contributed by atoms with E-state index in [1.54, 1.807) is 31.4 Å². The smallest absolute Gasteiger partial charge is 0.195 e. The van der Waals surface area contributed by atoms with Gasteiger partial charge in [-0.25, -0.2) is 13.2 Å². The monoisotopic (exact) mass is 334 g/mol. The van der Waals surface area contributed by atoms with E-state index in [1.165, 1.54) is 11.6 Å². The maximum Gasteiger partial charge on any atom is 0.195 e. The number of benzene rings is 2. The van der Waals surface area contributed by atoms with Crippen LogP contribution in [0.15, 0.2) is 24.3 Å². The molecule has 0 spiro atoms. The zero-order valence-corrected chi connectivity index (χ0v) is 13.7. The van der Waals surface area contributed by atoms with Crippen LogP contribution in [0.4, 0.5) is 13.2 Å². The summed E-state index contributed by atoms with van der Waals surface area (Å²) in [6.45, 7) is 3.86. The summed E-state index contributed by atoms with van der Waals surface area (Å²) in [5.74, 6) is -3.20. The minimum absolute atomic E-state index is 0.00465. The lowest BCUT2D eigenvalue weighted by Crippen LogP contribution is -2.03. The summed E-state index contributed by atoms with van der Waals surface area (Å²) in [6.07, 6.45) is 0.735. The van der Waals surface area contributed by atoms with Crippen LogP contribution < -0.4 is 4.74 Å². The van der Waals surface area contributed by atoms with Crippen LogP contribution in [0.1, 0.15) is 18.9 Å². The standard InChI is InChI=1S/C18H17F3N2O/c1-4-9-23-18-10(2)14(19)16(21)15(20)13(18)17(22-23)11-5-7-12(24-3)8-6-11/h5-8H,4,9H2,1-3H3. The first-order valence-corrected chi connectivity index (χ1v) is 7.67. The van der Waals surface area contributed by atoms with Gasteiger partial charge < -0.3 is 4.74 Å². The summed E-state index contributed by atoms with van der Waals surface area (Å²) in [5.41, 5.74) is 1.25. The Balaban J connectivity index is 2.35. The molecule has 0 saturated heterocycles. The van der Waals surface area contributed by atoms with E-state index in [0.717, 1.165) is 6.42 Å². The first-order chi connectivity index (χ1) is 11.5. The largest absolute Gasteiger partial charge is 0.497 e. The Hall–Kier alpha value is -2.50. The van der Waals surface area contributed by atoms with Crippen molar-refractivity contribution in [3.8, 4) is 17.0 Å². The average Bonchev–Trinajstić information content (AvgIpc) is 2.98. The quantitative estimate of drug-likeness (QED) is 0.638. The van der Waals surface area contributed by atoms with Crippen molar-refractivity contribution in [2.75, 3.05) is 7.11 Å². The van der Waals surface area contributed by atoms with Gasteiger partial charge in [-0.2, -0.15) is 5.10 Å². The second-order valence-corrected chi connectivity index (χ2v) is 5.59. The molecule has 0 atom stereocenters. The molecule has 3 aromatic rings. The van der Waals surface area contributed by atoms with Crippen LogP contribution in [-0.4, -0.2) is 16.9 Å². The number of fused-ring (bicyclic) bond motifs is 1. The number of ether oxygens (including phenoxy) is 1. The molecule has 0 amide bonds. The van der Waals surface area contributed by atoms with Crippen molar-refractivity contribution in [2.45, 2.75) is 26.8 Å². The Morgan fingerprint density at radius 1 is 1.04 bits per heavy atom. The van der Waals surface area contributed by atoms with Crippen molar-refractivity contribution in [1.29, 1.82) is 0 Å². The highest BCUT2D eigenvalue weighted by Gasteiger charge is 2.25. The number of hydrogen-bond acceptors (Lipinski definition) is 2. The van der Waals surface area contributed by atoms with Gasteiger partial charge in [0, 0.05) is 17.7 Å². The molecule has 3 rings (SSSR count). The minimum Gasteiger partial charge on any atom is -0.497 e. The van der Waals surface area contributed by atoms with Gasteiger partial charge in [0.25, 0.3) is 0 Å². The van der Waals surface area contributed by atoms with E-state index in [4.69, 9.17) is 4.74 Å². The molecule has 0 saturated carbocycles. The molecule has 0 fully saturated rings. The molecule has 126 valence electrons. The summed E-state index contributed by atoms with van der Waals surface area (Å²) >= 11 is 0. The Labute approximate surface area is 137 Å². The van der Waals surface area contributed by atoms with Crippen LogP contribution in [0.3, 0.4) is 0 Å². The third-order valence-electron chi connectivity index (χ3n) is 4.04. The number of aryl methyl sites for hydroxylation is 2. The molecule has 0 unspecified atom stereocenters. The maximum atomic E-state index is 14.5. The second kappa shape index (κ2) is 6.19. The molecular weight excluding hydrogens is 317 g/mol. The fourth-order valence-electron chi connectivity index (χ4n) is 2.85. The average molecular weight is 334 g/mol. The van der Waals surface area contributed by atoms with Crippen LogP contribution in [0.25, 0.3) is 22.2 Å². The predicted octanol–water partition coefficient (Wildman–Crippen LogP) is 4.85. The molecule has 0 aliphatic carbocycles. The molecular formula is C18H17F3N2O. The van der Waals surface area contributed by atoms with E-state index in [0.29, 0.717) is 29.1 Å². The van der Waals surface area contributed by atoms with Gasteiger partial charge in [0.15, 0.2) is 17.5 Å². The van der Waals surface area contributed by atoms with Crippen LogP contribution in [0, 0.1) is 24.4 Å². The summed E-state index contributed by atoms with van der Waals surface area (Å²) in [5, 5.41) is 4.42. The van der Waals surface area contributed by atoms with Crippen molar-refractivity contribution in [3.05, 3.63) is 47.3 Å². The Morgan fingerprint density at radius 2 is 1.71 bits per heavy atom. The van der Waals surface area contributed by atoms with Crippen molar-refractivity contribution >= 4 is 10.9 Å². The fourth-order valence-corrected chi connectivity index (χ4v) is 2.85. The number of hydrogen-bond donors (Lipinski definition) is 0. The van der Waals surface area contributed by atoms with Gasteiger partial charge in [-0.3, -0.25) is 4.68 Å². The normalized spacial score (nSPS) is 11.2. The lowest BCUT2D eigenvalue weighted by molar-refractivity contribution is 0.415. The van der Waals surface area contributed by atoms with Gasteiger partial charge in [-0.05, 0) is 37.6 Å². The molecule has 1 aromatic heterocycles. The number of halogens is 3. The van der Waals surface area contributed by atoms with Crippen molar-refractivity contribution in [1.82, 2.24) is 9.78 Å². The molecule has 3 nitrogen and oxygen atoms in total. The molecule has 0 N–H and O–H groups in total. The molecule has 0 bridgehead atoms. The van der Waals surface area contributed by atoms with Gasteiger partial charge in [0.05, 0.1) is 18.0 Å². The summed E-state index contributed by atoms with van der Waals surface area (Å²) in [6, 6.07) is 6.86. The molecule has 2 aromatic carbocycles. The predicted molar refractivity (Wildman–Crippen MR) is 86.6 cm³/mol. The fraction of sp³-hybridized carbons (Fsp3) is 0.278. The first-order valence-electron chi connectivity index (χ1n) is 7.67. The Bertz CT molecular complexity index is 901.